The maximum atomic E-state index is 2.46. The summed E-state index contributed by atoms with van der Waals surface area (Å²) in [5, 5.41) is 2.50. The van der Waals surface area contributed by atoms with Crippen LogP contribution in [0.2, 0.25) is 0 Å². The Kier molecular flexibility index (Phi) is 9.81. The summed E-state index contributed by atoms with van der Waals surface area (Å²) in [5.74, 6) is 0. The molecule has 12 rings (SSSR count). The molecule has 0 heterocycles. The average Bonchev–Trinajstić information content (AvgIpc) is 3.70. The largest absolute Gasteiger partial charge is 0.310 e. The highest BCUT2D eigenvalue weighted by molar-refractivity contribution is 5.97. The number of anilines is 3. The highest BCUT2D eigenvalue weighted by Gasteiger charge is 2.46. The Labute approximate surface area is 387 Å². The molecule has 0 N–H and O–H groups in total. The van der Waals surface area contributed by atoms with Crippen molar-refractivity contribution in [2.24, 2.45) is 0 Å². The van der Waals surface area contributed by atoms with Crippen LogP contribution < -0.4 is 4.90 Å². The van der Waals surface area contributed by atoms with Gasteiger partial charge in [-0.1, -0.05) is 231 Å². The molecule has 1 aliphatic rings. The topological polar surface area (TPSA) is 3.24 Å². The van der Waals surface area contributed by atoms with Gasteiger partial charge in [-0.05, 0) is 131 Å². The lowest BCUT2D eigenvalue weighted by Crippen LogP contribution is -2.28. The quantitative estimate of drug-likeness (QED) is 0.140. The summed E-state index contributed by atoms with van der Waals surface area (Å²) in [6.07, 6.45) is 0. The number of benzene rings is 11. The molecule has 1 aliphatic carbocycles. The maximum Gasteiger partial charge on any atom is 0.0714 e. The third kappa shape index (κ3) is 6.73. The van der Waals surface area contributed by atoms with Crippen LogP contribution in [0.4, 0.5) is 17.1 Å². The zero-order valence-electron chi connectivity index (χ0n) is 36.4. The van der Waals surface area contributed by atoms with Crippen molar-refractivity contribution in [2.75, 3.05) is 4.90 Å². The first-order valence-electron chi connectivity index (χ1n) is 22.8. The highest BCUT2D eigenvalue weighted by atomic mass is 15.1. The van der Waals surface area contributed by atoms with Gasteiger partial charge in [-0.2, -0.15) is 0 Å². The van der Waals surface area contributed by atoms with Crippen LogP contribution >= 0.6 is 0 Å². The minimum absolute atomic E-state index is 0.525. The van der Waals surface area contributed by atoms with Gasteiger partial charge in [0.1, 0.15) is 0 Å². The molecule has 0 atom stereocenters. The van der Waals surface area contributed by atoms with Gasteiger partial charge in [0.2, 0.25) is 0 Å². The van der Waals surface area contributed by atoms with E-state index in [1.165, 1.54) is 77.5 Å². The molecule has 0 aromatic heterocycles. The molecule has 310 valence electrons. The van der Waals surface area contributed by atoms with Crippen molar-refractivity contribution >= 4 is 27.8 Å². The van der Waals surface area contributed by atoms with Crippen molar-refractivity contribution in [1.82, 2.24) is 0 Å². The van der Waals surface area contributed by atoms with Crippen LogP contribution in [-0.2, 0) is 5.41 Å². The van der Waals surface area contributed by atoms with Gasteiger partial charge in [0, 0.05) is 17.1 Å². The third-order valence-electron chi connectivity index (χ3n) is 13.5. The normalized spacial score (nSPS) is 12.4. The Balaban J connectivity index is 1.04. The number of hydrogen-bond donors (Lipinski definition) is 0. The highest BCUT2D eigenvalue weighted by Crippen LogP contribution is 2.57. The molecule has 1 heteroatoms. The van der Waals surface area contributed by atoms with Crippen LogP contribution in [0.1, 0.15) is 22.3 Å². The minimum Gasteiger partial charge on any atom is -0.310 e. The second-order valence-corrected chi connectivity index (χ2v) is 17.2. The van der Waals surface area contributed by atoms with Crippen LogP contribution in [-0.4, -0.2) is 0 Å². The molecule has 1 nitrogen and oxygen atoms in total. The lowest BCUT2D eigenvalue weighted by Gasteiger charge is -2.35. The van der Waals surface area contributed by atoms with Gasteiger partial charge in [0.05, 0.1) is 5.41 Å². The first-order chi connectivity index (χ1) is 32.7. The van der Waals surface area contributed by atoms with Gasteiger partial charge in [-0.15, -0.1) is 0 Å². The van der Waals surface area contributed by atoms with Crippen LogP contribution in [0.25, 0.3) is 66.4 Å². The van der Waals surface area contributed by atoms with Gasteiger partial charge < -0.3 is 4.90 Å². The fourth-order valence-electron chi connectivity index (χ4n) is 10.5. The van der Waals surface area contributed by atoms with E-state index in [1.807, 2.05) is 0 Å². The molecule has 66 heavy (non-hydrogen) atoms. The van der Waals surface area contributed by atoms with Crippen molar-refractivity contribution in [2.45, 2.75) is 5.41 Å². The average molecular weight is 840 g/mol. The van der Waals surface area contributed by atoms with Gasteiger partial charge in [0.15, 0.2) is 0 Å². The number of fused-ring (bicyclic) bond motifs is 4. The molecule has 0 amide bonds. The lowest BCUT2D eigenvalue weighted by atomic mass is 9.67. The second kappa shape index (κ2) is 16.6. The summed E-state index contributed by atoms with van der Waals surface area (Å²) in [7, 11) is 0. The Morgan fingerprint density at radius 1 is 0.242 bits per heavy atom. The zero-order valence-corrected chi connectivity index (χ0v) is 36.4. The fourth-order valence-corrected chi connectivity index (χ4v) is 10.5. The smallest absolute Gasteiger partial charge is 0.0714 e. The molecular formula is C65H45N. The van der Waals surface area contributed by atoms with E-state index >= 15 is 0 Å². The first-order valence-corrected chi connectivity index (χ1v) is 22.8. The summed E-state index contributed by atoms with van der Waals surface area (Å²) >= 11 is 0. The molecule has 11 aromatic carbocycles. The summed E-state index contributed by atoms with van der Waals surface area (Å²) in [5.41, 5.74) is 19.9. The van der Waals surface area contributed by atoms with Crippen molar-refractivity contribution in [3.8, 4) is 55.6 Å². The van der Waals surface area contributed by atoms with E-state index in [0.29, 0.717) is 0 Å². The maximum absolute atomic E-state index is 2.46. The minimum atomic E-state index is -0.525. The molecule has 0 fully saturated rings. The predicted molar refractivity (Wildman–Crippen MR) is 278 cm³/mol. The van der Waals surface area contributed by atoms with Crippen LogP contribution in [0.5, 0.6) is 0 Å². The standard InChI is InChI=1S/C65H45N/c1-4-18-46(19-5-1)47-36-38-48(39-37-47)51-23-15-30-56(43-51)66(57-31-16-24-52(44-57)50-22-14-25-53(42-50)60-34-17-21-49-20-10-11-32-59(49)60)58-40-41-62-61-33-12-13-35-63(61)65(64(62)45-58,54-26-6-2-7-27-54)55-28-8-3-9-29-55/h1-45H. The van der Waals surface area contributed by atoms with Crippen molar-refractivity contribution in [3.63, 3.8) is 0 Å². The summed E-state index contributed by atoms with van der Waals surface area (Å²) in [6.45, 7) is 0. The first kappa shape index (κ1) is 39.1. The van der Waals surface area contributed by atoms with Crippen molar-refractivity contribution < 1.29 is 0 Å². The summed E-state index contributed by atoms with van der Waals surface area (Å²) < 4.78 is 0. The van der Waals surface area contributed by atoms with Crippen LogP contribution in [0.3, 0.4) is 0 Å². The lowest BCUT2D eigenvalue weighted by molar-refractivity contribution is 0.768. The summed E-state index contributed by atoms with van der Waals surface area (Å²) in [4.78, 5) is 2.45. The van der Waals surface area contributed by atoms with E-state index in [1.54, 1.807) is 0 Å². The van der Waals surface area contributed by atoms with E-state index in [9.17, 15) is 0 Å². The molecule has 0 unspecified atom stereocenters. The number of nitrogens with zero attached hydrogens (tertiary/aromatic N) is 1. The number of rotatable bonds is 9. The second-order valence-electron chi connectivity index (χ2n) is 17.2. The predicted octanol–water partition coefficient (Wildman–Crippen LogP) is 17.3. The molecule has 0 aliphatic heterocycles. The number of hydrogen-bond acceptors (Lipinski definition) is 1. The van der Waals surface area contributed by atoms with Crippen molar-refractivity contribution in [3.05, 3.63) is 295 Å². The molecule has 0 spiro atoms. The Hall–Kier alpha value is -8.52. The van der Waals surface area contributed by atoms with Gasteiger partial charge in [-0.3, -0.25) is 0 Å². The third-order valence-corrected chi connectivity index (χ3v) is 13.5. The molecule has 0 saturated carbocycles. The SMILES string of the molecule is c1ccc(-c2ccc(-c3cccc(N(c4cccc(-c5cccc(-c6cccc7ccccc67)c5)c4)c4ccc5c(c4)C(c4ccccc4)(c4ccccc4)c4ccccc4-5)c3)cc2)cc1. The molecule has 0 radical (unpaired) electrons. The molecular weight excluding hydrogens is 795 g/mol. The van der Waals surface area contributed by atoms with E-state index < -0.39 is 5.41 Å². The Morgan fingerprint density at radius 2 is 0.682 bits per heavy atom. The van der Waals surface area contributed by atoms with Crippen molar-refractivity contribution in [1.29, 1.82) is 0 Å². The van der Waals surface area contributed by atoms with E-state index in [2.05, 4.69) is 278 Å². The zero-order chi connectivity index (χ0) is 43.9. The van der Waals surface area contributed by atoms with Gasteiger partial charge in [0.25, 0.3) is 0 Å². The van der Waals surface area contributed by atoms with E-state index in [4.69, 9.17) is 0 Å². The Bertz CT molecular complexity index is 3470. The monoisotopic (exact) mass is 839 g/mol. The van der Waals surface area contributed by atoms with E-state index in [0.717, 1.165) is 28.2 Å². The summed E-state index contributed by atoms with van der Waals surface area (Å²) in [6, 6.07) is 100. The molecule has 0 saturated heterocycles. The molecule has 11 aromatic rings. The van der Waals surface area contributed by atoms with Crippen LogP contribution in [0.15, 0.2) is 273 Å². The van der Waals surface area contributed by atoms with Gasteiger partial charge >= 0.3 is 0 Å². The van der Waals surface area contributed by atoms with Gasteiger partial charge in [-0.25, -0.2) is 0 Å². The Morgan fingerprint density at radius 3 is 1.38 bits per heavy atom. The van der Waals surface area contributed by atoms with E-state index in [-0.39, 0.29) is 0 Å². The molecule has 0 bridgehead atoms. The fraction of sp³-hybridized carbons (Fsp3) is 0.0154. The van der Waals surface area contributed by atoms with Crippen LogP contribution in [0, 0.1) is 0 Å².